The number of hydrogen-bond acceptors (Lipinski definition) is 3. The zero-order chi connectivity index (χ0) is 17.9. The highest BCUT2D eigenvalue weighted by Crippen LogP contribution is 2.26. The lowest BCUT2D eigenvalue weighted by Crippen LogP contribution is -2.38. The summed E-state index contributed by atoms with van der Waals surface area (Å²) in [5, 5.41) is 9.64. The normalized spacial score (nSPS) is 14.6. The molecule has 0 unspecified atom stereocenters. The molecule has 3 aromatic rings. The molecule has 0 radical (unpaired) electrons. The predicted molar refractivity (Wildman–Crippen MR) is 102 cm³/mol. The smallest absolute Gasteiger partial charge is 0.267 e. The number of nitrogens with one attached hydrogen (secondary N) is 1. The van der Waals surface area contributed by atoms with Gasteiger partial charge < -0.3 is 5.32 Å². The predicted octanol–water partition coefficient (Wildman–Crippen LogP) is 3.12. The summed E-state index contributed by atoms with van der Waals surface area (Å²) in [5.74, 6) is -0.151. The summed E-state index contributed by atoms with van der Waals surface area (Å²) >= 11 is 0. The number of carbonyl (C=O) groups is 1. The van der Waals surface area contributed by atoms with E-state index < -0.39 is 0 Å². The number of nitrogens with zero attached hydrogens (tertiary/aromatic N) is 2. The van der Waals surface area contributed by atoms with Gasteiger partial charge in [0.05, 0.1) is 5.69 Å². The van der Waals surface area contributed by atoms with E-state index in [2.05, 4.69) is 10.4 Å². The highest BCUT2D eigenvalue weighted by atomic mass is 16.2. The van der Waals surface area contributed by atoms with E-state index in [4.69, 9.17) is 0 Å². The Kier molecular flexibility index (Phi) is 4.52. The minimum Gasteiger partial charge on any atom is -0.352 e. The molecule has 1 heterocycles. The monoisotopic (exact) mass is 347 g/mol. The Bertz CT molecular complexity index is 998. The lowest BCUT2D eigenvalue weighted by molar-refractivity contribution is -0.122. The number of fused-ring (bicyclic) bond motifs is 1. The summed E-state index contributed by atoms with van der Waals surface area (Å²) in [6, 6.07) is 17.5. The molecule has 1 N–H and O–H groups in total. The number of hydrogen-bond donors (Lipinski definition) is 1. The Labute approximate surface area is 151 Å². The second kappa shape index (κ2) is 7.12. The molecule has 26 heavy (non-hydrogen) atoms. The van der Waals surface area contributed by atoms with E-state index in [0.29, 0.717) is 5.69 Å². The van der Waals surface area contributed by atoms with E-state index in [1.807, 2.05) is 42.5 Å². The fourth-order valence-electron chi connectivity index (χ4n) is 3.63. The largest absolute Gasteiger partial charge is 0.352 e. The van der Waals surface area contributed by atoms with E-state index in [9.17, 15) is 9.59 Å². The highest BCUT2D eigenvalue weighted by molar-refractivity contribution is 5.95. The quantitative estimate of drug-likeness (QED) is 0.789. The Balaban J connectivity index is 1.63. The number of rotatable bonds is 4. The molecule has 1 aliphatic carbocycles. The first-order valence-corrected chi connectivity index (χ1v) is 9.06. The van der Waals surface area contributed by atoms with Crippen LogP contribution >= 0.6 is 0 Å². The topological polar surface area (TPSA) is 64.0 Å². The zero-order valence-corrected chi connectivity index (χ0v) is 14.5. The lowest BCUT2D eigenvalue weighted by Gasteiger charge is -2.13. The fraction of sp³-hybridized carbons (Fsp3) is 0.286. The second-order valence-electron chi connectivity index (χ2n) is 6.79. The third-order valence-corrected chi connectivity index (χ3v) is 4.95. The molecule has 5 heteroatoms. The maximum absolute atomic E-state index is 12.3. The molecule has 0 spiro atoms. The maximum atomic E-state index is 12.3. The van der Waals surface area contributed by atoms with Crippen molar-refractivity contribution >= 4 is 16.7 Å². The van der Waals surface area contributed by atoms with E-state index in [1.165, 1.54) is 10.7 Å². The number of aromatic nitrogens is 2. The Morgan fingerprint density at radius 1 is 1.04 bits per heavy atom. The molecule has 1 aromatic heterocycles. The van der Waals surface area contributed by atoms with E-state index in [-0.39, 0.29) is 24.1 Å². The third kappa shape index (κ3) is 3.38. The molecule has 0 aliphatic heterocycles. The van der Waals surface area contributed by atoms with Crippen molar-refractivity contribution in [3.05, 3.63) is 65.0 Å². The molecule has 5 nitrogen and oxygen atoms in total. The number of carbonyl (C=O) groups excluding carboxylic acids is 1. The molecule has 0 atom stereocenters. The van der Waals surface area contributed by atoms with Gasteiger partial charge in [-0.3, -0.25) is 9.59 Å². The standard InChI is InChI=1S/C21H21N3O2/c25-20(22-16-8-2-3-9-16)14-24-21(26)13-12-19(23-24)18-11-5-7-15-6-1-4-10-17(15)18/h1,4-7,10-13,16H,2-3,8-9,14H2,(H,22,25). The fourth-order valence-corrected chi connectivity index (χ4v) is 3.63. The molecule has 1 saturated carbocycles. The molecule has 1 amide bonds. The highest BCUT2D eigenvalue weighted by Gasteiger charge is 2.18. The number of benzene rings is 2. The van der Waals surface area contributed by atoms with Crippen LogP contribution in [-0.2, 0) is 11.3 Å². The zero-order valence-electron chi connectivity index (χ0n) is 14.5. The van der Waals surface area contributed by atoms with Gasteiger partial charge in [0.1, 0.15) is 6.54 Å². The Morgan fingerprint density at radius 3 is 2.65 bits per heavy atom. The van der Waals surface area contributed by atoms with Gasteiger partial charge in [-0.15, -0.1) is 0 Å². The van der Waals surface area contributed by atoms with Crippen molar-refractivity contribution in [2.45, 2.75) is 38.3 Å². The summed E-state index contributed by atoms with van der Waals surface area (Å²) < 4.78 is 1.25. The van der Waals surface area contributed by atoms with Crippen molar-refractivity contribution < 1.29 is 4.79 Å². The average molecular weight is 347 g/mol. The van der Waals surface area contributed by atoms with Gasteiger partial charge in [-0.1, -0.05) is 55.3 Å². The minimum absolute atomic E-state index is 0.0477. The van der Waals surface area contributed by atoms with E-state index >= 15 is 0 Å². The summed E-state index contributed by atoms with van der Waals surface area (Å²) in [4.78, 5) is 24.4. The van der Waals surface area contributed by atoms with Crippen molar-refractivity contribution in [2.24, 2.45) is 0 Å². The van der Waals surface area contributed by atoms with Crippen LogP contribution in [0.5, 0.6) is 0 Å². The summed E-state index contributed by atoms with van der Waals surface area (Å²) in [6.07, 6.45) is 4.34. The van der Waals surface area contributed by atoms with Crippen LogP contribution in [0.15, 0.2) is 59.4 Å². The van der Waals surface area contributed by atoms with Gasteiger partial charge in [0.15, 0.2) is 0 Å². The van der Waals surface area contributed by atoms with E-state index in [1.54, 1.807) is 6.07 Å². The molecule has 4 rings (SSSR count). The Hall–Kier alpha value is -2.95. The first kappa shape index (κ1) is 16.5. The van der Waals surface area contributed by atoms with Crippen LogP contribution in [0.4, 0.5) is 0 Å². The molecular weight excluding hydrogens is 326 g/mol. The van der Waals surface area contributed by atoms with Crippen LogP contribution in [0.1, 0.15) is 25.7 Å². The van der Waals surface area contributed by atoms with Crippen LogP contribution in [0.25, 0.3) is 22.0 Å². The number of amides is 1. The van der Waals surface area contributed by atoms with Crippen molar-refractivity contribution in [1.82, 2.24) is 15.1 Å². The van der Waals surface area contributed by atoms with Crippen LogP contribution in [0.3, 0.4) is 0 Å². The van der Waals surface area contributed by atoms with Crippen LogP contribution in [0.2, 0.25) is 0 Å². The summed E-state index contributed by atoms with van der Waals surface area (Å²) in [6.45, 7) is -0.0477. The minimum atomic E-state index is -0.268. The van der Waals surface area contributed by atoms with Gasteiger partial charge in [0, 0.05) is 17.7 Å². The first-order valence-electron chi connectivity index (χ1n) is 9.06. The summed E-state index contributed by atoms with van der Waals surface area (Å²) in [5.41, 5.74) is 1.37. The van der Waals surface area contributed by atoms with Crippen molar-refractivity contribution in [2.75, 3.05) is 0 Å². The van der Waals surface area contributed by atoms with Crippen LogP contribution in [-0.4, -0.2) is 21.7 Å². The molecule has 132 valence electrons. The van der Waals surface area contributed by atoms with Crippen LogP contribution in [0, 0.1) is 0 Å². The van der Waals surface area contributed by atoms with Gasteiger partial charge >= 0.3 is 0 Å². The SMILES string of the molecule is O=C(Cn1nc(-c2cccc3ccccc23)ccc1=O)NC1CCCC1. The maximum Gasteiger partial charge on any atom is 0.267 e. The molecule has 1 aliphatic rings. The first-order chi connectivity index (χ1) is 12.7. The van der Waals surface area contributed by atoms with Gasteiger partial charge in [-0.2, -0.15) is 5.10 Å². The third-order valence-electron chi connectivity index (χ3n) is 4.95. The molecular formula is C21H21N3O2. The van der Waals surface area contributed by atoms with E-state index in [0.717, 1.165) is 42.0 Å². The average Bonchev–Trinajstić information content (AvgIpc) is 3.16. The van der Waals surface area contributed by atoms with Gasteiger partial charge in [-0.05, 0) is 29.7 Å². The molecule has 0 bridgehead atoms. The van der Waals surface area contributed by atoms with Crippen molar-refractivity contribution in [3.8, 4) is 11.3 Å². The summed E-state index contributed by atoms with van der Waals surface area (Å²) in [7, 11) is 0. The lowest BCUT2D eigenvalue weighted by atomic mass is 10.0. The van der Waals surface area contributed by atoms with Crippen molar-refractivity contribution in [3.63, 3.8) is 0 Å². The molecule has 1 fully saturated rings. The molecule has 2 aromatic carbocycles. The van der Waals surface area contributed by atoms with Gasteiger partial charge in [0.25, 0.3) is 5.56 Å². The van der Waals surface area contributed by atoms with Gasteiger partial charge in [0.2, 0.25) is 5.91 Å². The van der Waals surface area contributed by atoms with Crippen molar-refractivity contribution in [1.29, 1.82) is 0 Å². The van der Waals surface area contributed by atoms with Crippen LogP contribution < -0.4 is 10.9 Å². The van der Waals surface area contributed by atoms with Gasteiger partial charge in [-0.25, -0.2) is 4.68 Å². The Morgan fingerprint density at radius 2 is 1.81 bits per heavy atom. The molecule has 0 saturated heterocycles. The second-order valence-corrected chi connectivity index (χ2v) is 6.79.